The highest BCUT2D eigenvalue weighted by atomic mass is 16.5. The highest BCUT2D eigenvalue weighted by Crippen LogP contribution is 2.11. The van der Waals surface area contributed by atoms with Gasteiger partial charge in [-0.05, 0) is 19.9 Å². The Morgan fingerprint density at radius 1 is 1.50 bits per heavy atom. The molecule has 0 aliphatic heterocycles. The minimum atomic E-state index is -0.828. The third kappa shape index (κ3) is 2.85. The van der Waals surface area contributed by atoms with Crippen molar-refractivity contribution in [2.45, 2.75) is 20.4 Å². The van der Waals surface area contributed by atoms with E-state index in [0.717, 1.165) is 11.3 Å². The number of carbonyl (C=O) groups excluding carboxylic acids is 2. The summed E-state index contributed by atoms with van der Waals surface area (Å²) >= 11 is 0. The van der Waals surface area contributed by atoms with Gasteiger partial charge in [0.15, 0.2) is 0 Å². The minimum absolute atomic E-state index is 0.198. The highest BCUT2D eigenvalue weighted by Gasteiger charge is 2.20. The van der Waals surface area contributed by atoms with Gasteiger partial charge in [0.25, 0.3) is 0 Å². The standard InChI is InChI=1S/C11H15NO4/c1-4-15-11(14)10(13)12(3)7-9-5-6-16-8(9)2/h5-6H,4,7H2,1-3H3. The van der Waals surface area contributed by atoms with E-state index in [0.29, 0.717) is 6.54 Å². The molecule has 5 heteroatoms. The first-order valence-corrected chi connectivity index (χ1v) is 5.01. The van der Waals surface area contributed by atoms with Crippen molar-refractivity contribution in [1.82, 2.24) is 4.90 Å². The number of carbonyl (C=O) groups is 2. The summed E-state index contributed by atoms with van der Waals surface area (Å²) in [7, 11) is 1.55. The Bertz CT molecular complexity index is 383. The maximum Gasteiger partial charge on any atom is 0.397 e. The van der Waals surface area contributed by atoms with Crippen molar-refractivity contribution in [1.29, 1.82) is 0 Å². The molecule has 0 N–H and O–H groups in total. The first-order chi connectivity index (χ1) is 7.56. The number of aryl methyl sites for hydroxylation is 1. The van der Waals surface area contributed by atoms with Crippen LogP contribution in [-0.4, -0.2) is 30.4 Å². The summed E-state index contributed by atoms with van der Waals surface area (Å²) in [5.74, 6) is -0.739. The van der Waals surface area contributed by atoms with Gasteiger partial charge in [0.05, 0.1) is 12.9 Å². The van der Waals surface area contributed by atoms with Crippen molar-refractivity contribution in [3.05, 3.63) is 23.7 Å². The van der Waals surface area contributed by atoms with E-state index >= 15 is 0 Å². The quantitative estimate of drug-likeness (QED) is 0.571. The fraction of sp³-hybridized carbons (Fsp3) is 0.455. The summed E-state index contributed by atoms with van der Waals surface area (Å²) in [6.07, 6.45) is 1.55. The fourth-order valence-electron chi connectivity index (χ4n) is 1.25. The summed E-state index contributed by atoms with van der Waals surface area (Å²) in [6.45, 7) is 3.99. The average molecular weight is 225 g/mol. The van der Waals surface area contributed by atoms with Gasteiger partial charge < -0.3 is 14.1 Å². The second-order valence-electron chi connectivity index (χ2n) is 3.38. The zero-order valence-electron chi connectivity index (χ0n) is 9.65. The second-order valence-corrected chi connectivity index (χ2v) is 3.38. The normalized spacial score (nSPS) is 9.94. The molecule has 1 aromatic heterocycles. The van der Waals surface area contributed by atoms with Crippen LogP contribution in [0.1, 0.15) is 18.2 Å². The zero-order chi connectivity index (χ0) is 12.1. The molecule has 0 fully saturated rings. The molecule has 0 spiro atoms. The monoisotopic (exact) mass is 225 g/mol. The van der Waals surface area contributed by atoms with Crippen LogP contribution in [-0.2, 0) is 20.9 Å². The molecular formula is C11H15NO4. The minimum Gasteiger partial charge on any atom is -0.469 e. The van der Waals surface area contributed by atoms with E-state index in [4.69, 9.17) is 4.42 Å². The maximum absolute atomic E-state index is 11.5. The molecule has 0 atom stereocenters. The van der Waals surface area contributed by atoms with E-state index in [-0.39, 0.29) is 6.61 Å². The van der Waals surface area contributed by atoms with Crippen molar-refractivity contribution in [2.24, 2.45) is 0 Å². The number of hydrogen-bond acceptors (Lipinski definition) is 4. The van der Waals surface area contributed by atoms with Crippen molar-refractivity contribution in [2.75, 3.05) is 13.7 Å². The van der Waals surface area contributed by atoms with Gasteiger partial charge in [0.1, 0.15) is 5.76 Å². The molecule has 88 valence electrons. The number of esters is 1. The molecule has 0 aliphatic carbocycles. The van der Waals surface area contributed by atoms with Gasteiger partial charge in [-0.3, -0.25) is 4.79 Å². The van der Waals surface area contributed by atoms with Crippen molar-refractivity contribution in [3.8, 4) is 0 Å². The van der Waals surface area contributed by atoms with Crippen LogP contribution in [0, 0.1) is 6.92 Å². The summed E-state index contributed by atoms with van der Waals surface area (Å²) in [6, 6.07) is 1.77. The molecule has 0 radical (unpaired) electrons. The Morgan fingerprint density at radius 2 is 2.19 bits per heavy atom. The topological polar surface area (TPSA) is 59.8 Å². The molecule has 1 amide bonds. The molecule has 1 aromatic rings. The maximum atomic E-state index is 11.5. The van der Waals surface area contributed by atoms with Crippen LogP contribution in [0.25, 0.3) is 0 Å². The fourth-order valence-corrected chi connectivity index (χ4v) is 1.25. The smallest absolute Gasteiger partial charge is 0.397 e. The number of amides is 1. The Kier molecular flexibility index (Phi) is 4.10. The molecule has 5 nitrogen and oxygen atoms in total. The molecule has 1 heterocycles. The third-order valence-corrected chi connectivity index (χ3v) is 2.17. The number of nitrogens with zero attached hydrogens (tertiary/aromatic N) is 1. The zero-order valence-corrected chi connectivity index (χ0v) is 9.65. The van der Waals surface area contributed by atoms with Crippen molar-refractivity contribution < 1.29 is 18.7 Å². The lowest BCUT2D eigenvalue weighted by Gasteiger charge is -2.15. The van der Waals surface area contributed by atoms with Gasteiger partial charge in [-0.25, -0.2) is 4.79 Å². The summed E-state index contributed by atoms with van der Waals surface area (Å²) < 4.78 is 9.72. The Labute approximate surface area is 94.0 Å². The SMILES string of the molecule is CCOC(=O)C(=O)N(C)Cc1ccoc1C. The summed E-state index contributed by atoms with van der Waals surface area (Å²) in [4.78, 5) is 24.0. The Balaban J connectivity index is 2.59. The van der Waals surface area contributed by atoms with E-state index in [1.807, 2.05) is 0 Å². The van der Waals surface area contributed by atoms with Crippen molar-refractivity contribution >= 4 is 11.9 Å². The van der Waals surface area contributed by atoms with Gasteiger partial charge >= 0.3 is 11.9 Å². The van der Waals surface area contributed by atoms with E-state index in [1.165, 1.54) is 4.90 Å². The number of rotatable bonds is 3. The number of likely N-dealkylation sites (N-methyl/N-ethyl adjacent to an activating group) is 1. The first-order valence-electron chi connectivity index (χ1n) is 5.01. The molecule has 0 aliphatic rings. The summed E-state index contributed by atoms with van der Waals surface area (Å²) in [5, 5.41) is 0. The third-order valence-electron chi connectivity index (χ3n) is 2.17. The van der Waals surface area contributed by atoms with E-state index < -0.39 is 11.9 Å². The highest BCUT2D eigenvalue weighted by molar-refractivity contribution is 6.32. The average Bonchev–Trinajstić information content (AvgIpc) is 2.63. The second kappa shape index (κ2) is 5.34. The molecule has 0 unspecified atom stereocenters. The molecule has 0 aromatic carbocycles. The van der Waals surface area contributed by atoms with Crippen LogP contribution in [0.4, 0.5) is 0 Å². The van der Waals surface area contributed by atoms with Crippen LogP contribution in [0.15, 0.2) is 16.7 Å². The predicted molar refractivity (Wildman–Crippen MR) is 56.6 cm³/mol. The van der Waals surface area contributed by atoms with E-state index in [9.17, 15) is 9.59 Å². The van der Waals surface area contributed by atoms with Crippen LogP contribution >= 0.6 is 0 Å². The lowest BCUT2D eigenvalue weighted by atomic mass is 10.2. The largest absolute Gasteiger partial charge is 0.469 e. The van der Waals surface area contributed by atoms with Crippen LogP contribution < -0.4 is 0 Å². The van der Waals surface area contributed by atoms with Gasteiger partial charge in [-0.1, -0.05) is 0 Å². The van der Waals surface area contributed by atoms with Crippen LogP contribution in [0.2, 0.25) is 0 Å². The molecule has 0 saturated heterocycles. The number of hydrogen-bond donors (Lipinski definition) is 0. The first kappa shape index (κ1) is 12.3. The molecule has 16 heavy (non-hydrogen) atoms. The lowest BCUT2D eigenvalue weighted by molar-refractivity contribution is -0.159. The number of furan rings is 1. The molecular weight excluding hydrogens is 210 g/mol. The van der Waals surface area contributed by atoms with Crippen molar-refractivity contribution in [3.63, 3.8) is 0 Å². The van der Waals surface area contributed by atoms with Crippen LogP contribution in [0.3, 0.4) is 0 Å². The number of ether oxygens (including phenoxy) is 1. The van der Waals surface area contributed by atoms with Gasteiger partial charge in [-0.15, -0.1) is 0 Å². The van der Waals surface area contributed by atoms with Crippen LogP contribution in [0.5, 0.6) is 0 Å². The Morgan fingerprint density at radius 3 is 2.69 bits per heavy atom. The lowest BCUT2D eigenvalue weighted by Crippen LogP contribution is -2.34. The molecule has 1 rings (SSSR count). The Hall–Kier alpha value is -1.78. The van der Waals surface area contributed by atoms with E-state index in [1.54, 1.807) is 33.2 Å². The van der Waals surface area contributed by atoms with Gasteiger partial charge in [0, 0.05) is 19.2 Å². The summed E-state index contributed by atoms with van der Waals surface area (Å²) in [5.41, 5.74) is 0.875. The predicted octanol–water partition coefficient (Wildman–Crippen LogP) is 1.11. The van der Waals surface area contributed by atoms with E-state index in [2.05, 4.69) is 4.74 Å². The molecule has 0 bridgehead atoms. The molecule has 0 saturated carbocycles. The van der Waals surface area contributed by atoms with Gasteiger partial charge in [0.2, 0.25) is 0 Å². The van der Waals surface area contributed by atoms with Gasteiger partial charge in [-0.2, -0.15) is 0 Å².